The minimum Gasteiger partial charge on any atom is -0.341 e. The van der Waals surface area contributed by atoms with E-state index in [1.807, 2.05) is 19.9 Å². The second-order valence-electron chi connectivity index (χ2n) is 4.94. The molecule has 1 rings (SSSR count). The number of imide groups is 1. The molecule has 0 spiro atoms. The van der Waals surface area contributed by atoms with Crippen LogP contribution in [0.25, 0.3) is 0 Å². The first-order valence-corrected chi connectivity index (χ1v) is 7.53. The van der Waals surface area contributed by atoms with Gasteiger partial charge < -0.3 is 10.6 Å². The van der Waals surface area contributed by atoms with Gasteiger partial charge >= 0.3 is 6.03 Å². The van der Waals surface area contributed by atoms with Crippen molar-refractivity contribution in [2.75, 3.05) is 32.0 Å². The molecular formula is C15H21ClN4O3. The second-order valence-corrected chi connectivity index (χ2v) is 5.37. The molecule has 0 radical (unpaired) electrons. The number of urea groups is 1. The molecule has 126 valence electrons. The summed E-state index contributed by atoms with van der Waals surface area (Å²) in [6, 6.07) is 4.65. The van der Waals surface area contributed by atoms with E-state index in [0.29, 0.717) is 17.3 Å². The molecule has 0 heterocycles. The number of benzene rings is 1. The predicted octanol–water partition coefficient (Wildman–Crippen LogP) is 1.36. The Bertz CT molecular complexity index is 592. The zero-order valence-electron chi connectivity index (χ0n) is 13.4. The van der Waals surface area contributed by atoms with Crippen molar-refractivity contribution in [3.8, 4) is 0 Å². The Morgan fingerprint density at radius 3 is 2.43 bits per heavy atom. The minimum absolute atomic E-state index is 0.0314. The summed E-state index contributed by atoms with van der Waals surface area (Å²) in [5, 5.41) is 7.74. The third kappa shape index (κ3) is 6.66. The Morgan fingerprint density at radius 1 is 1.17 bits per heavy atom. The maximum absolute atomic E-state index is 12.1. The average molecular weight is 341 g/mol. The molecule has 0 fully saturated rings. The molecule has 1 aromatic carbocycles. The van der Waals surface area contributed by atoms with Crippen LogP contribution in [0.3, 0.4) is 0 Å². The van der Waals surface area contributed by atoms with Crippen LogP contribution in [0, 0.1) is 6.92 Å². The number of nitrogens with one attached hydrogen (secondary N) is 3. The van der Waals surface area contributed by atoms with E-state index in [0.717, 1.165) is 5.56 Å². The van der Waals surface area contributed by atoms with Gasteiger partial charge in [-0.1, -0.05) is 24.6 Å². The lowest BCUT2D eigenvalue weighted by Crippen LogP contribution is -2.45. The van der Waals surface area contributed by atoms with E-state index in [1.54, 1.807) is 17.0 Å². The Kier molecular flexibility index (Phi) is 7.50. The number of likely N-dealkylation sites (N-methyl/N-ethyl adjacent to an activating group) is 1. The Morgan fingerprint density at radius 2 is 1.83 bits per heavy atom. The van der Waals surface area contributed by atoms with E-state index in [2.05, 4.69) is 16.0 Å². The van der Waals surface area contributed by atoms with Gasteiger partial charge in [0.1, 0.15) is 0 Å². The summed E-state index contributed by atoms with van der Waals surface area (Å²) in [7, 11) is 1.42. The van der Waals surface area contributed by atoms with Crippen LogP contribution in [0.1, 0.15) is 12.5 Å². The number of rotatable bonds is 6. The van der Waals surface area contributed by atoms with Gasteiger partial charge in [0.2, 0.25) is 11.8 Å². The lowest BCUT2D eigenvalue weighted by molar-refractivity contribution is -0.122. The van der Waals surface area contributed by atoms with Crippen molar-refractivity contribution in [3.63, 3.8) is 0 Å². The van der Waals surface area contributed by atoms with Crippen LogP contribution in [0.5, 0.6) is 0 Å². The normalized spacial score (nSPS) is 10.3. The van der Waals surface area contributed by atoms with E-state index in [9.17, 15) is 14.4 Å². The van der Waals surface area contributed by atoms with Crippen molar-refractivity contribution >= 4 is 35.1 Å². The first-order valence-electron chi connectivity index (χ1n) is 7.15. The lowest BCUT2D eigenvalue weighted by Gasteiger charge is -2.19. The van der Waals surface area contributed by atoms with Gasteiger partial charge in [-0.15, -0.1) is 0 Å². The van der Waals surface area contributed by atoms with Gasteiger partial charge in [0, 0.05) is 17.8 Å². The number of hydrogen-bond donors (Lipinski definition) is 3. The second kappa shape index (κ2) is 9.12. The van der Waals surface area contributed by atoms with Crippen LogP contribution in [-0.2, 0) is 9.59 Å². The van der Waals surface area contributed by atoms with Crippen molar-refractivity contribution in [2.45, 2.75) is 13.8 Å². The molecule has 0 saturated heterocycles. The molecule has 0 atom stereocenters. The molecule has 7 nitrogen and oxygen atoms in total. The van der Waals surface area contributed by atoms with E-state index < -0.39 is 11.9 Å². The van der Waals surface area contributed by atoms with Crippen molar-refractivity contribution in [1.82, 2.24) is 15.5 Å². The van der Waals surface area contributed by atoms with E-state index in [1.165, 1.54) is 7.05 Å². The predicted molar refractivity (Wildman–Crippen MR) is 89.5 cm³/mol. The first-order chi connectivity index (χ1) is 10.8. The number of carbonyl (C=O) groups is 3. The average Bonchev–Trinajstić information content (AvgIpc) is 2.49. The van der Waals surface area contributed by atoms with Crippen LogP contribution in [0.4, 0.5) is 10.5 Å². The Labute approximate surface area is 140 Å². The monoisotopic (exact) mass is 340 g/mol. The molecule has 0 aliphatic rings. The number of amides is 4. The Hall–Kier alpha value is -2.12. The molecule has 0 bridgehead atoms. The zero-order chi connectivity index (χ0) is 17.4. The highest BCUT2D eigenvalue weighted by Crippen LogP contribution is 2.20. The number of anilines is 1. The maximum atomic E-state index is 12.1. The minimum atomic E-state index is -0.579. The third-order valence-electron chi connectivity index (χ3n) is 3.14. The number of halogens is 1. The molecule has 0 aliphatic carbocycles. The molecule has 0 aliphatic heterocycles. The SMILES string of the molecule is CCN(CC(=O)NC(=O)NC)CC(=O)Nc1cc(Cl)ccc1C. The standard InChI is InChI=1S/C15H21ClN4O3/c1-4-20(9-14(22)19-15(23)17-3)8-13(21)18-12-7-11(16)6-5-10(12)2/h5-7H,4,8-9H2,1-3H3,(H,18,21)(H2,17,19,22,23). The lowest BCUT2D eigenvalue weighted by atomic mass is 10.2. The number of carbonyl (C=O) groups excluding carboxylic acids is 3. The highest BCUT2D eigenvalue weighted by molar-refractivity contribution is 6.31. The van der Waals surface area contributed by atoms with Gasteiger partial charge in [-0.25, -0.2) is 4.79 Å². The fraction of sp³-hybridized carbons (Fsp3) is 0.400. The van der Waals surface area contributed by atoms with Crippen molar-refractivity contribution < 1.29 is 14.4 Å². The first kappa shape index (κ1) is 18.9. The highest BCUT2D eigenvalue weighted by atomic mass is 35.5. The zero-order valence-corrected chi connectivity index (χ0v) is 14.2. The molecule has 4 amide bonds. The Balaban J connectivity index is 2.57. The van der Waals surface area contributed by atoms with Crippen molar-refractivity contribution in [3.05, 3.63) is 28.8 Å². The summed E-state index contributed by atoms with van der Waals surface area (Å²) in [6.07, 6.45) is 0. The summed E-state index contributed by atoms with van der Waals surface area (Å²) < 4.78 is 0. The highest BCUT2D eigenvalue weighted by Gasteiger charge is 2.15. The summed E-state index contributed by atoms with van der Waals surface area (Å²) in [5.74, 6) is -0.733. The van der Waals surface area contributed by atoms with Gasteiger partial charge in [-0.3, -0.25) is 19.8 Å². The van der Waals surface area contributed by atoms with E-state index in [-0.39, 0.29) is 19.0 Å². The van der Waals surface area contributed by atoms with E-state index >= 15 is 0 Å². The van der Waals surface area contributed by atoms with Gasteiger partial charge in [0.25, 0.3) is 0 Å². The smallest absolute Gasteiger partial charge is 0.321 e. The molecular weight excluding hydrogens is 320 g/mol. The van der Waals surface area contributed by atoms with Crippen LogP contribution in [-0.4, -0.2) is 49.4 Å². The molecule has 0 aromatic heterocycles. The van der Waals surface area contributed by atoms with Crippen LogP contribution >= 0.6 is 11.6 Å². The number of hydrogen-bond acceptors (Lipinski definition) is 4. The van der Waals surface area contributed by atoms with Gasteiger partial charge in [0.15, 0.2) is 0 Å². The largest absolute Gasteiger partial charge is 0.341 e. The summed E-state index contributed by atoms with van der Waals surface area (Å²) in [6.45, 7) is 4.16. The summed E-state index contributed by atoms with van der Waals surface area (Å²) in [4.78, 5) is 36.4. The maximum Gasteiger partial charge on any atom is 0.321 e. The summed E-state index contributed by atoms with van der Waals surface area (Å²) >= 11 is 5.91. The van der Waals surface area contributed by atoms with Crippen molar-refractivity contribution in [1.29, 1.82) is 0 Å². The molecule has 3 N–H and O–H groups in total. The molecule has 8 heteroatoms. The fourth-order valence-corrected chi connectivity index (χ4v) is 2.01. The van der Waals surface area contributed by atoms with Gasteiger partial charge in [-0.05, 0) is 31.2 Å². The third-order valence-corrected chi connectivity index (χ3v) is 3.37. The number of aryl methyl sites for hydroxylation is 1. The van der Waals surface area contributed by atoms with Crippen LogP contribution in [0.2, 0.25) is 5.02 Å². The summed E-state index contributed by atoms with van der Waals surface area (Å²) in [5.41, 5.74) is 1.52. The van der Waals surface area contributed by atoms with Crippen molar-refractivity contribution in [2.24, 2.45) is 0 Å². The molecule has 1 aromatic rings. The van der Waals surface area contributed by atoms with Crippen LogP contribution < -0.4 is 16.0 Å². The number of nitrogens with zero attached hydrogens (tertiary/aromatic N) is 1. The molecule has 23 heavy (non-hydrogen) atoms. The molecule has 0 unspecified atom stereocenters. The van der Waals surface area contributed by atoms with Gasteiger partial charge in [0.05, 0.1) is 13.1 Å². The fourth-order valence-electron chi connectivity index (χ4n) is 1.83. The topological polar surface area (TPSA) is 90.5 Å². The van der Waals surface area contributed by atoms with E-state index in [4.69, 9.17) is 11.6 Å². The quantitative estimate of drug-likeness (QED) is 0.729. The molecule has 0 saturated carbocycles. The van der Waals surface area contributed by atoms with Crippen LogP contribution in [0.15, 0.2) is 18.2 Å². The van der Waals surface area contributed by atoms with Gasteiger partial charge in [-0.2, -0.15) is 0 Å².